The van der Waals surface area contributed by atoms with Crippen LogP contribution in [0.25, 0.3) is 16.7 Å². The third-order valence-electron chi connectivity index (χ3n) is 5.94. The molecule has 0 bridgehead atoms. The van der Waals surface area contributed by atoms with Gasteiger partial charge in [0.1, 0.15) is 0 Å². The number of aryl methyl sites for hydroxylation is 1. The number of carbonyl (C=O) groups is 1. The van der Waals surface area contributed by atoms with Crippen molar-refractivity contribution in [3.63, 3.8) is 0 Å². The summed E-state index contributed by atoms with van der Waals surface area (Å²) in [7, 11) is 4.07. The highest BCUT2D eigenvalue weighted by molar-refractivity contribution is 5.94. The van der Waals surface area contributed by atoms with Crippen LogP contribution in [-0.2, 0) is 6.42 Å². The number of fused-ring (bicyclic) bond motifs is 1. The molecule has 0 unspecified atom stereocenters. The van der Waals surface area contributed by atoms with E-state index < -0.39 is 0 Å². The summed E-state index contributed by atoms with van der Waals surface area (Å²) in [6.45, 7) is 4.14. The maximum atomic E-state index is 12.9. The number of carbonyl (C=O) groups excluding carboxylic acids is 1. The molecule has 0 atom stereocenters. The molecule has 2 aromatic heterocycles. The number of pyridine rings is 1. The molecule has 36 heavy (non-hydrogen) atoms. The quantitative estimate of drug-likeness (QED) is 0.335. The predicted octanol–water partition coefficient (Wildman–Crippen LogP) is 3.43. The summed E-state index contributed by atoms with van der Waals surface area (Å²) >= 11 is 0. The van der Waals surface area contributed by atoms with E-state index in [0.717, 1.165) is 37.0 Å². The average Bonchev–Trinajstić information content (AvgIpc) is 2.87. The van der Waals surface area contributed by atoms with Gasteiger partial charge < -0.3 is 15.5 Å². The number of benzene rings is 2. The Labute approximate surface area is 211 Å². The van der Waals surface area contributed by atoms with Gasteiger partial charge in [-0.15, -0.1) is 0 Å². The summed E-state index contributed by atoms with van der Waals surface area (Å²) in [4.78, 5) is 36.8. The molecule has 1 amide bonds. The van der Waals surface area contributed by atoms with E-state index in [1.165, 1.54) is 11.6 Å². The van der Waals surface area contributed by atoms with E-state index in [1.807, 2.05) is 51.4 Å². The Morgan fingerprint density at radius 3 is 2.42 bits per heavy atom. The largest absolute Gasteiger partial charge is 0.354 e. The van der Waals surface area contributed by atoms with Crippen LogP contribution in [-0.4, -0.2) is 59.1 Å². The van der Waals surface area contributed by atoms with E-state index in [2.05, 4.69) is 25.5 Å². The number of anilines is 1. The third-order valence-corrected chi connectivity index (χ3v) is 5.94. The van der Waals surface area contributed by atoms with E-state index in [-0.39, 0.29) is 11.5 Å². The lowest BCUT2D eigenvalue weighted by Crippen LogP contribution is -2.25. The molecule has 2 aromatic carbocycles. The van der Waals surface area contributed by atoms with Gasteiger partial charge in [0.15, 0.2) is 5.65 Å². The molecule has 4 rings (SSSR count). The first-order valence-corrected chi connectivity index (χ1v) is 12.1. The molecular formula is C28H32N6O2. The Morgan fingerprint density at radius 2 is 1.69 bits per heavy atom. The molecule has 186 valence electrons. The first kappa shape index (κ1) is 25.1. The summed E-state index contributed by atoms with van der Waals surface area (Å²) < 4.78 is 1.56. The molecule has 0 radical (unpaired) electrons. The van der Waals surface area contributed by atoms with E-state index in [1.54, 1.807) is 34.9 Å². The molecule has 2 N–H and O–H groups in total. The number of nitrogens with one attached hydrogen (secondary N) is 2. The topological polar surface area (TPSA) is 92.2 Å². The van der Waals surface area contributed by atoms with Crippen molar-refractivity contribution in [2.75, 3.05) is 39.0 Å². The smallest absolute Gasteiger partial charge is 0.256 e. The van der Waals surface area contributed by atoms with Crippen LogP contribution in [0.2, 0.25) is 0 Å². The number of hydrogen-bond acceptors (Lipinski definition) is 6. The highest BCUT2D eigenvalue weighted by Gasteiger charge is 2.13. The normalized spacial score (nSPS) is 11.1. The number of rotatable bonds is 10. The van der Waals surface area contributed by atoms with Crippen LogP contribution in [0.1, 0.15) is 28.0 Å². The molecule has 0 aliphatic rings. The molecule has 8 nitrogen and oxygen atoms in total. The van der Waals surface area contributed by atoms with Gasteiger partial charge in [-0.05, 0) is 76.3 Å². The molecule has 0 saturated carbocycles. The van der Waals surface area contributed by atoms with Gasteiger partial charge in [0.2, 0.25) is 5.95 Å². The first-order valence-electron chi connectivity index (χ1n) is 12.1. The molecular weight excluding hydrogens is 452 g/mol. The molecule has 0 spiro atoms. The fourth-order valence-corrected chi connectivity index (χ4v) is 4.02. The Bertz CT molecular complexity index is 1380. The second kappa shape index (κ2) is 11.6. The zero-order valence-electron chi connectivity index (χ0n) is 21.0. The minimum Gasteiger partial charge on any atom is -0.354 e. The van der Waals surface area contributed by atoms with Gasteiger partial charge in [-0.1, -0.05) is 30.3 Å². The molecule has 4 aromatic rings. The monoisotopic (exact) mass is 484 g/mol. The van der Waals surface area contributed by atoms with E-state index in [0.29, 0.717) is 29.4 Å². The zero-order chi connectivity index (χ0) is 25.5. The highest BCUT2D eigenvalue weighted by Crippen LogP contribution is 2.19. The van der Waals surface area contributed by atoms with Crippen molar-refractivity contribution < 1.29 is 4.79 Å². The minimum atomic E-state index is -0.195. The Morgan fingerprint density at radius 1 is 0.944 bits per heavy atom. The van der Waals surface area contributed by atoms with Crippen molar-refractivity contribution in [2.24, 2.45) is 0 Å². The maximum Gasteiger partial charge on any atom is 0.256 e. The van der Waals surface area contributed by atoms with Crippen molar-refractivity contribution in [3.8, 4) is 5.69 Å². The summed E-state index contributed by atoms with van der Waals surface area (Å²) in [6.07, 6.45) is 1.71. The fraction of sp³-hybridized carbons (Fsp3) is 0.286. The van der Waals surface area contributed by atoms with Crippen molar-refractivity contribution in [2.45, 2.75) is 19.8 Å². The second-order valence-corrected chi connectivity index (χ2v) is 9.00. The molecule has 0 aliphatic heterocycles. The lowest BCUT2D eigenvalue weighted by atomic mass is 10.1. The molecule has 0 fully saturated rings. The zero-order valence-corrected chi connectivity index (χ0v) is 21.0. The van der Waals surface area contributed by atoms with Crippen LogP contribution >= 0.6 is 0 Å². The van der Waals surface area contributed by atoms with Crippen molar-refractivity contribution >= 4 is 22.9 Å². The fourth-order valence-electron chi connectivity index (χ4n) is 4.02. The lowest BCUT2D eigenvalue weighted by molar-refractivity contribution is 0.0954. The van der Waals surface area contributed by atoms with E-state index in [9.17, 15) is 9.59 Å². The Hall–Kier alpha value is -4.04. The molecule has 8 heteroatoms. The van der Waals surface area contributed by atoms with Crippen LogP contribution in [0.5, 0.6) is 0 Å². The molecule has 0 aliphatic carbocycles. The standard InChI is InChI=1S/C28H32N6O2/c1-20-24-14-15-25(35)34(26(24)32-28(31-20)30-17-7-19-33(2)3)23-12-10-22(11-13-23)27(36)29-18-16-21-8-5-4-6-9-21/h4-6,8-15H,7,16-19H2,1-3H3,(H,29,36)(H,30,31,32). The van der Waals surface area contributed by atoms with Crippen LogP contribution < -0.4 is 16.2 Å². The number of hydrogen-bond donors (Lipinski definition) is 2. The lowest BCUT2D eigenvalue weighted by Gasteiger charge is -2.14. The summed E-state index contributed by atoms with van der Waals surface area (Å²) in [6, 6.07) is 20.3. The van der Waals surface area contributed by atoms with Gasteiger partial charge >= 0.3 is 0 Å². The summed E-state index contributed by atoms with van der Waals surface area (Å²) in [5, 5.41) is 7.03. The van der Waals surface area contributed by atoms with Gasteiger partial charge in [-0.3, -0.25) is 14.2 Å². The number of nitrogens with zero attached hydrogens (tertiary/aromatic N) is 4. The minimum absolute atomic E-state index is 0.148. The van der Waals surface area contributed by atoms with Crippen molar-refractivity contribution in [1.29, 1.82) is 0 Å². The summed E-state index contributed by atoms with van der Waals surface area (Å²) in [5.74, 6) is 0.345. The maximum absolute atomic E-state index is 12.9. The van der Waals surface area contributed by atoms with Crippen LogP contribution in [0.4, 0.5) is 5.95 Å². The van der Waals surface area contributed by atoms with E-state index >= 15 is 0 Å². The number of aromatic nitrogens is 3. The first-order chi connectivity index (χ1) is 17.4. The Balaban J connectivity index is 1.52. The van der Waals surface area contributed by atoms with Crippen molar-refractivity contribution in [3.05, 3.63) is 93.9 Å². The SMILES string of the molecule is Cc1nc(NCCCN(C)C)nc2c1ccc(=O)n2-c1ccc(C(=O)NCCc2ccccc2)cc1. The van der Waals surface area contributed by atoms with Gasteiger partial charge in [0.05, 0.1) is 11.4 Å². The van der Waals surface area contributed by atoms with E-state index in [4.69, 9.17) is 0 Å². The summed E-state index contributed by atoms with van der Waals surface area (Å²) in [5.41, 5.74) is 3.48. The second-order valence-electron chi connectivity index (χ2n) is 9.00. The highest BCUT2D eigenvalue weighted by atomic mass is 16.1. The van der Waals surface area contributed by atoms with Crippen LogP contribution in [0.3, 0.4) is 0 Å². The van der Waals surface area contributed by atoms with Crippen LogP contribution in [0, 0.1) is 6.92 Å². The Kier molecular flexibility index (Phi) is 8.07. The van der Waals surface area contributed by atoms with Gasteiger partial charge in [0, 0.05) is 30.1 Å². The van der Waals surface area contributed by atoms with Crippen LogP contribution in [0.15, 0.2) is 71.5 Å². The molecule has 0 saturated heterocycles. The van der Waals surface area contributed by atoms with Gasteiger partial charge in [-0.25, -0.2) is 4.98 Å². The number of amides is 1. The third kappa shape index (κ3) is 6.14. The van der Waals surface area contributed by atoms with Crippen molar-refractivity contribution in [1.82, 2.24) is 24.8 Å². The van der Waals surface area contributed by atoms with Gasteiger partial charge in [-0.2, -0.15) is 4.98 Å². The average molecular weight is 485 g/mol. The van der Waals surface area contributed by atoms with Gasteiger partial charge in [0.25, 0.3) is 11.5 Å². The molecule has 2 heterocycles. The predicted molar refractivity (Wildman–Crippen MR) is 144 cm³/mol.